The lowest BCUT2D eigenvalue weighted by Gasteiger charge is -2.28. The Morgan fingerprint density at radius 2 is 2.05 bits per heavy atom. The van der Waals surface area contributed by atoms with Crippen molar-refractivity contribution in [2.75, 3.05) is 0 Å². The highest BCUT2D eigenvalue weighted by atomic mass is 32.1. The molecule has 3 N–H and O–H groups in total. The normalized spacial score (nSPS) is 14.4. The second kappa shape index (κ2) is 6.69. The van der Waals surface area contributed by atoms with E-state index in [-0.39, 0.29) is 6.04 Å². The largest absolute Gasteiger partial charge is 0.480 e. The van der Waals surface area contributed by atoms with Crippen LogP contribution in [0.25, 0.3) is 0 Å². The fraction of sp³-hybridized carbons (Fsp3) is 0.615. The molecule has 0 aliphatic carbocycles. The van der Waals surface area contributed by atoms with Crippen molar-refractivity contribution in [3.8, 4) is 0 Å². The summed E-state index contributed by atoms with van der Waals surface area (Å²) in [5.41, 5.74) is -0.563. The quantitative estimate of drug-likeness (QED) is 0.778. The standard InChI is InChI=1S/C13H21N3O3S/c1-5-8(10-14-6-7-20-10)15-12(19)16-9(11(17)18)13(2,3)4/h6-9H,5H2,1-4H3,(H,17,18)(H2,15,16,19)/t8?,9-/m1/s1. The van der Waals surface area contributed by atoms with Crippen molar-refractivity contribution in [2.24, 2.45) is 5.41 Å². The molecular weight excluding hydrogens is 278 g/mol. The van der Waals surface area contributed by atoms with Gasteiger partial charge in [-0.2, -0.15) is 0 Å². The van der Waals surface area contributed by atoms with Gasteiger partial charge in [0, 0.05) is 11.6 Å². The lowest BCUT2D eigenvalue weighted by molar-refractivity contribution is -0.141. The minimum absolute atomic E-state index is 0.204. The van der Waals surface area contributed by atoms with Gasteiger partial charge in [0.2, 0.25) is 0 Å². The summed E-state index contributed by atoms with van der Waals surface area (Å²) in [5, 5.41) is 17.1. The molecule has 2 amide bonds. The minimum atomic E-state index is -1.05. The van der Waals surface area contributed by atoms with E-state index in [1.807, 2.05) is 12.3 Å². The van der Waals surface area contributed by atoms with Crippen LogP contribution in [0.2, 0.25) is 0 Å². The summed E-state index contributed by atoms with van der Waals surface area (Å²) in [6.07, 6.45) is 2.37. The average Bonchev–Trinajstić information content (AvgIpc) is 2.84. The van der Waals surface area contributed by atoms with Crippen LogP contribution in [0.3, 0.4) is 0 Å². The van der Waals surface area contributed by atoms with E-state index in [4.69, 9.17) is 0 Å². The zero-order valence-electron chi connectivity index (χ0n) is 12.1. The molecule has 0 spiro atoms. The molecule has 20 heavy (non-hydrogen) atoms. The Bertz CT molecular complexity index is 454. The van der Waals surface area contributed by atoms with Gasteiger partial charge < -0.3 is 15.7 Å². The Labute approximate surface area is 122 Å². The number of hydrogen-bond donors (Lipinski definition) is 3. The highest BCUT2D eigenvalue weighted by molar-refractivity contribution is 7.09. The summed E-state index contributed by atoms with van der Waals surface area (Å²) in [6.45, 7) is 7.24. The Kier molecular flexibility index (Phi) is 5.50. The van der Waals surface area contributed by atoms with E-state index in [2.05, 4.69) is 15.6 Å². The van der Waals surface area contributed by atoms with Crippen LogP contribution in [0.15, 0.2) is 11.6 Å². The zero-order valence-corrected chi connectivity index (χ0v) is 13.0. The monoisotopic (exact) mass is 299 g/mol. The fourth-order valence-electron chi connectivity index (χ4n) is 1.72. The first-order chi connectivity index (χ1) is 9.25. The Hall–Kier alpha value is -1.63. The van der Waals surface area contributed by atoms with Crippen molar-refractivity contribution in [1.29, 1.82) is 0 Å². The van der Waals surface area contributed by atoms with Crippen molar-refractivity contribution in [3.63, 3.8) is 0 Å². The molecule has 0 aromatic carbocycles. The van der Waals surface area contributed by atoms with Crippen molar-refractivity contribution in [3.05, 3.63) is 16.6 Å². The molecule has 0 aliphatic heterocycles. The third-order valence-corrected chi connectivity index (χ3v) is 3.74. The maximum Gasteiger partial charge on any atom is 0.326 e. The number of nitrogens with zero attached hydrogens (tertiary/aromatic N) is 1. The molecule has 1 unspecified atom stereocenters. The van der Waals surface area contributed by atoms with Crippen molar-refractivity contribution in [2.45, 2.75) is 46.2 Å². The first kappa shape index (κ1) is 16.4. The molecule has 2 atom stereocenters. The number of aliphatic carboxylic acids is 1. The number of aromatic nitrogens is 1. The van der Waals surface area contributed by atoms with Gasteiger partial charge in [0.15, 0.2) is 0 Å². The predicted octanol–water partition coefficient (Wildman–Crippen LogP) is 2.39. The third-order valence-electron chi connectivity index (χ3n) is 2.85. The van der Waals surface area contributed by atoms with Gasteiger partial charge >= 0.3 is 12.0 Å². The van der Waals surface area contributed by atoms with Crippen LogP contribution < -0.4 is 10.6 Å². The van der Waals surface area contributed by atoms with Crippen LogP contribution in [0.1, 0.15) is 45.2 Å². The molecular formula is C13H21N3O3S. The number of rotatable bonds is 5. The van der Waals surface area contributed by atoms with E-state index < -0.39 is 23.5 Å². The molecule has 0 saturated carbocycles. The molecule has 1 rings (SSSR count). The topological polar surface area (TPSA) is 91.3 Å². The molecule has 7 heteroatoms. The average molecular weight is 299 g/mol. The minimum Gasteiger partial charge on any atom is -0.480 e. The maximum atomic E-state index is 12.0. The van der Waals surface area contributed by atoms with Crippen LogP contribution in [0.4, 0.5) is 4.79 Å². The number of nitrogens with one attached hydrogen (secondary N) is 2. The first-order valence-corrected chi connectivity index (χ1v) is 7.33. The number of carboxylic acids is 1. The van der Waals surface area contributed by atoms with Crippen LogP contribution in [-0.2, 0) is 4.79 Å². The van der Waals surface area contributed by atoms with E-state index in [1.54, 1.807) is 27.0 Å². The molecule has 0 saturated heterocycles. The van der Waals surface area contributed by atoms with Gasteiger partial charge in [0.25, 0.3) is 0 Å². The van der Waals surface area contributed by atoms with Crippen molar-refractivity contribution < 1.29 is 14.7 Å². The van der Waals surface area contributed by atoms with Gasteiger partial charge in [0.1, 0.15) is 11.0 Å². The number of carboxylic acid groups (broad SMARTS) is 1. The number of carbonyl (C=O) groups is 2. The van der Waals surface area contributed by atoms with E-state index in [9.17, 15) is 14.7 Å². The smallest absolute Gasteiger partial charge is 0.326 e. The lowest BCUT2D eigenvalue weighted by Crippen LogP contribution is -2.52. The van der Waals surface area contributed by atoms with E-state index in [1.165, 1.54) is 11.3 Å². The molecule has 1 heterocycles. The Morgan fingerprint density at radius 1 is 1.40 bits per heavy atom. The number of thiazole rings is 1. The van der Waals surface area contributed by atoms with Crippen molar-refractivity contribution in [1.82, 2.24) is 15.6 Å². The highest BCUT2D eigenvalue weighted by Gasteiger charge is 2.33. The lowest BCUT2D eigenvalue weighted by atomic mass is 9.87. The molecule has 1 aromatic rings. The predicted molar refractivity (Wildman–Crippen MR) is 77.7 cm³/mol. The summed E-state index contributed by atoms with van der Waals surface area (Å²) >= 11 is 1.46. The number of amides is 2. The molecule has 112 valence electrons. The van der Waals surface area contributed by atoms with Gasteiger partial charge in [-0.3, -0.25) is 0 Å². The maximum absolute atomic E-state index is 12.0. The second-order valence-electron chi connectivity index (χ2n) is 5.59. The summed E-state index contributed by atoms with van der Waals surface area (Å²) in [6, 6.07) is -1.64. The SMILES string of the molecule is CCC(NC(=O)N[C@H](C(=O)O)C(C)(C)C)c1nccs1. The summed E-state index contributed by atoms with van der Waals surface area (Å²) in [7, 11) is 0. The van der Waals surface area contributed by atoms with Gasteiger partial charge in [-0.25, -0.2) is 14.6 Å². The van der Waals surface area contributed by atoms with Gasteiger partial charge in [-0.05, 0) is 11.8 Å². The van der Waals surface area contributed by atoms with Crippen molar-refractivity contribution >= 4 is 23.3 Å². The van der Waals surface area contributed by atoms with Gasteiger partial charge in [-0.15, -0.1) is 11.3 Å². The number of hydrogen-bond acceptors (Lipinski definition) is 4. The highest BCUT2D eigenvalue weighted by Crippen LogP contribution is 2.21. The van der Waals surface area contributed by atoms with E-state index in [0.717, 1.165) is 5.01 Å². The van der Waals surface area contributed by atoms with Crippen LogP contribution in [0.5, 0.6) is 0 Å². The Balaban J connectivity index is 2.68. The van der Waals surface area contributed by atoms with Crippen LogP contribution in [-0.4, -0.2) is 28.1 Å². The second-order valence-corrected chi connectivity index (χ2v) is 6.51. The fourth-order valence-corrected chi connectivity index (χ4v) is 2.50. The molecule has 1 aromatic heterocycles. The van der Waals surface area contributed by atoms with E-state index in [0.29, 0.717) is 6.42 Å². The third kappa shape index (κ3) is 4.48. The Morgan fingerprint density at radius 3 is 2.45 bits per heavy atom. The number of urea groups is 1. The first-order valence-electron chi connectivity index (χ1n) is 6.45. The molecule has 0 aliphatic rings. The molecule has 0 bridgehead atoms. The van der Waals surface area contributed by atoms with E-state index >= 15 is 0 Å². The van der Waals surface area contributed by atoms with Crippen LogP contribution >= 0.6 is 11.3 Å². The molecule has 0 fully saturated rings. The van der Waals surface area contributed by atoms with Gasteiger partial charge in [0.05, 0.1) is 6.04 Å². The summed E-state index contributed by atoms with van der Waals surface area (Å²) < 4.78 is 0. The summed E-state index contributed by atoms with van der Waals surface area (Å²) in [4.78, 5) is 27.3. The number of carbonyl (C=O) groups excluding carboxylic acids is 1. The molecule has 6 nitrogen and oxygen atoms in total. The summed E-state index contributed by atoms with van der Waals surface area (Å²) in [5.74, 6) is -1.05. The molecule has 0 radical (unpaired) electrons. The van der Waals surface area contributed by atoms with Crippen LogP contribution in [0, 0.1) is 5.41 Å². The van der Waals surface area contributed by atoms with Gasteiger partial charge in [-0.1, -0.05) is 27.7 Å². The zero-order chi connectivity index (χ0) is 15.3.